The molecule has 1 N–H and O–H groups in total. The summed E-state index contributed by atoms with van der Waals surface area (Å²) in [4.78, 5) is 8.92. The number of nitrogens with one attached hydrogen (secondary N) is 1. The molecule has 8 heteroatoms. The zero-order valence-corrected chi connectivity index (χ0v) is 12.1. The molecule has 0 saturated carbocycles. The van der Waals surface area contributed by atoms with Crippen molar-refractivity contribution in [2.24, 2.45) is 0 Å². The van der Waals surface area contributed by atoms with Crippen LogP contribution in [-0.2, 0) is 10.9 Å². The number of nitrogens with zero attached hydrogens (tertiary/aromatic N) is 3. The molecule has 118 valence electrons. The Morgan fingerprint density at radius 2 is 2.19 bits per heavy atom. The normalized spacial score (nSPS) is 18.8. The molecule has 21 heavy (non-hydrogen) atoms. The molecular weight excluding hydrogens is 285 g/mol. The third-order valence-corrected chi connectivity index (χ3v) is 3.34. The van der Waals surface area contributed by atoms with Gasteiger partial charge in [0.15, 0.2) is 0 Å². The van der Waals surface area contributed by atoms with Gasteiger partial charge >= 0.3 is 6.18 Å². The predicted molar refractivity (Wildman–Crippen MR) is 73.4 cm³/mol. The van der Waals surface area contributed by atoms with Gasteiger partial charge in [0.05, 0.1) is 12.6 Å². The molecule has 1 aromatic rings. The van der Waals surface area contributed by atoms with Crippen molar-refractivity contribution < 1.29 is 17.9 Å². The Bertz CT molecular complexity index is 475. The third kappa shape index (κ3) is 3.96. The van der Waals surface area contributed by atoms with Gasteiger partial charge < -0.3 is 15.0 Å². The molecule has 0 aliphatic carbocycles. The van der Waals surface area contributed by atoms with Crippen molar-refractivity contribution >= 4 is 11.6 Å². The minimum absolute atomic E-state index is 0.0417. The lowest BCUT2D eigenvalue weighted by molar-refractivity contribution is -0.144. The number of alkyl halides is 3. The van der Waals surface area contributed by atoms with Crippen molar-refractivity contribution in [2.75, 3.05) is 37.0 Å². The summed E-state index contributed by atoms with van der Waals surface area (Å²) in [6, 6.07) is 1.59. The lowest BCUT2D eigenvalue weighted by Crippen LogP contribution is -2.33. The molecule has 0 spiro atoms. The minimum atomic E-state index is -4.56. The number of halogens is 3. The van der Waals surface area contributed by atoms with E-state index in [-0.39, 0.29) is 17.7 Å². The summed E-state index contributed by atoms with van der Waals surface area (Å²) in [7, 11) is 1.73. The first-order valence-electron chi connectivity index (χ1n) is 6.92. The van der Waals surface area contributed by atoms with E-state index < -0.39 is 12.0 Å². The summed E-state index contributed by atoms with van der Waals surface area (Å²) >= 11 is 0. The number of hydrogen-bond donors (Lipinski definition) is 1. The van der Waals surface area contributed by atoms with E-state index in [1.54, 1.807) is 18.0 Å². The topological polar surface area (TPSA) is 50.3 Å². The van der Waals surface area contributed by atoms with Gasteiger partial charge in [-0.1, -0.05) is 6.92 Å². The zero-order valence-electron chi connectivity index (χ0n) is 12.1. The Hall–Kier alpha value is -1.57. The molecule has 1 aliphatic rings. The fourth-order valence-electron chi connectivity index (χ4n) is 2.10. The molecule has 1 saturated heterocycles. The van der Waals surface area contributed by atoms with E-state index >= 15 is 0 Å². The predicted octanol–water partition coefficient (Wildman–Crippen LogP) is 2.54. The van der Waals surface area contributed by atoms with Crippen LogP contribution in [0.1, 0.15) is 25.6 Å². The van der Waals surface area contributed by atoms with Crippen LogP contribution in [0.4, 0.5) is 24.8 Å². The van der Waals surface area contributed by atoms with Crippen LogP contribution < -0.4 is 10.2 Å². The van der Waals surface area contributed by atoms with Gasteiger partial charge in [-0.05, 0) is 12.8 Å². The van der Waals surface area contributed by atoms with Crippen LogP contribution in [0.15, 0.2) is 6.07 Å². The Morgan fingerprint density at radius 3 is 2.76 bits per heavy atom. The highest BCUT2D eigenvalue weighted by molar-refractivity contribution is 5.50. The van der Waals surface area contributed by atoms with Crippen molar-refractivity contribution in [3.63, 3.8) is 0 Å². The average molecular weight is 304 g/mol. The fourth-order valence-corrected chi connectivity index (χ4v) is 2.10. The summed E-state index contributed by atoms with van der Waals surface area (Å²) in [5.74, 6) is -0.671. The number of ether oxygens (including phenoxy) is 1. The van der Waals surface area contributed by atoms with Crippen LogP contribution in [-0.4, -0.2) is 42.8 Å². The zero-order chi connectivity index (χ0) is 15.5. The molecule has 1 aromatic heterocycles. The van der Waals surface area contributed by atoms with Gasteiger partial charge in [0.2, 0.25) is 5.82 Å². The molecule has 1 atom stereocenters. The van der Waals surface area contributed by atoms with E-state index in [0.29, 0.717) is 19.8 Å². The Balaban J connectivity index is 2.29. The number of hydrogen-bond acceptors (Lipinski definition) is 5. The minimum Gasteiger partial charge on any atom is -0.379 e. The molecule has 5 nitrogen and oxygen atoms in total. The maximum absolute atomic E-state index is 12.9. The van der Waals surface area contributed by atoms with Gasteiger partial charge in [0, 0.05) is 26.3 Å². The first kappa shape index (κ1) is 15.8. The quantitative estimate of drug-likeness (QED) is 0.906. The number of likely N-dealkylation sites (N-methyl/N-ethyl adjacent to an activating group) is 1. The molecule has 0 bridgehead atoms. The second kappa shape index (κ2) is 6.46. The highest BCUT2D eigenvalue weighted by Gasteiger charge is 2.36. The molecule has 1 fully saturated rings. The van der Waals surface area contributed by atoms with Gasteiger partial charge in [-0.15, -0.1) is 0 Å². The molecular formula is C13H19F3N4O. The smallest absolute Gasteiger partial charge is 0.379 e. The molecule has 0 aromatic carbocycles. The van der Waals surface area contributed by atoms with Crippen LogP contribution in [0.25, 0.3) is 0 Å². The molecule has 1 unspecified atom stereocenters. The molecule has 2 heterocycles. The van der Waals surface area contributed by atoms with Crippen LogP contribution in [0, 0.1) is 0 Å². The Kier molecular flexibility index (Phi) is 4.87. The van der Waals surface area contributed by atoms with Crippen molar-refractivity contribution in [2.45, 2.75) is 32.0 Å². The van der Waals surface area contributed by atoms with Gasteiger partial charge in [0.25, 0.3) is 0 Å². The van der Waals surface area contributed by atoms with Gasteiger partial charge in [0.1, 0.15) is 11.6 Å². The lowest BCUT2D eigenvalue weighted by Gasteiger charge is -2.25. The molecule has 1 aliphatic heterocycles. The van der Waals surface area contributed by atoms with E-state index in [2.05, 4.69) is 15.3 Å². The molecule has 0 radical (unpaired) electrons. The second-order valence-electron chi connectivity index (χ2n) is 4.99. The number of rotatable bonds is 5. The first-order chi connectivity index (χ1) is 9.91. The van der Waals surface area contributed by atoms with Crippen LogP contribution >= 0.6 is 0 Å². The molecule has 0 amide bonds. The van der Waals surface area contributed by atoms with Crippen molar-refractivity contribution in [3.8, 4) is 0 Å². The van der Waals surface area contributed by atoms with Crippen LogP contribution in [0.5, 0.6) is 0 Å². The van der Waals surface area contributed by atoms with Crippen LogP contribution in [0.2, 0.25) is 0 Å². The fraction of sp³-hybridized carbons (Fsp3) is 0.692. The SMILES string of the molecule is CCCNc1cc(N(C)C2CCOC2)nc(C(F)(F)F)n1. The maximum Gasteiger partial charge on any atom is 0.451 e. The number of aromatic nitrogens is 2. The van der Waals surface area contributed by atoms with Crippen molar-refractivity contribution in [1.82, 2.24) is 9.97 Å². The van der Waals surface area contributed by atoms with Crippen LogP contribution in [0.3, 0.4) is 0 Å². The Morgan fingerprint density at radius 1 is 1.43 bits per heavy atom. The highest BCUT2D eigenvalue weighted by Crippen LogP contribution is 2.30. The summed E-state index contributed by atoms with van der Waals surface area (Å²) in [5.41, 5.74) is 0. The van der Waals surface area contributed by atoms with E-state index in [4.69, 9.17) is 4.74 Å². The third-order valence-electron chi connectivity index (χ3n) is 3.34. The average Bonchev–Trinajstić information content (AvgIpc) is 2.97. The van der Waals surface area contributed by atoms with Gasteiger partial charge in [-0.2, -0.15) is 13.2 Å². The first-order valence-corrected chi connectivity index (χ1v) is 6.92. The van der Waals surface area contributed by atoms with E-state index in [0.717, 1.165) is 12.8 Å². The van der Waals surface area contributed by atoms with Crippen molar-refractivity contribution in [1.29, 1.82) is 0 Å². The number of anilines is 2. The lowest BCUT2D eigenvalue weighted by atomic mass is 10.2. The highest BCUT2D eigenvalue weighted by atomic mass is 19.4. The van der Waals surface area contributed by atoms with Crippen molar-refractivity contribution in [3.05, 3.63) is 11.9 Å². The summed E-state index contributed by atoms with van der Waals surface area (Å²) < 4.78 is 44.0. The standard InChI is InChI=1S/C13H19F3N4O/c1-3-5-17-10-7-11(19-12(18-10)13(14,15)16)20(2)9-4-6-21-8-9/h7,9H,3-6,8H2,1-2H3,(H,17,18,19). The van der Waals surface area contributed by atoms with E-state index in [9.17, 15) is 13.2 Å². The summed E-state index contributed by atoms with van der Waals surface area (Å²) in [6.07, 6.45) is -2.99. The maximum atomic E-state index is 12.9. The monoisotopic (exact) mass is 304 g/mol. The van der Waals surface area contributed by atoms with Gasteiger partial charge in [-0.3, -0.25) is 0 Å². The molecule has 2 rings (SSSR count). The Labute approximate surface area is 121 Å². The second-order valence-corrected chi connectivity index (χ2v) is 4.99. The van der Waals surface area contributed by atoms with E-state index in [1.807, 2.05) is 6.92 Å². The summed E-state index contributed by atoms with van der Waals surface area (Å²) in [5, 5.41) is 2.88. The largest absolute Gasteiger partial charge is 0.451 e. The van der Waals surface area contributed by atoms with Gasteiger partial charge in [-0.25, -0.2) is 9.97 Å². The summed E-state index contributed by atoms with van der Waals surface area (Å²) in [6.45, 7) is 3.61. The van der Waals surface area contributed by atoms with E-state index in [1.165, 1.54) is 0 Å².